The van der Waals surface area contributed by atoms with Gasteiger partial charge in [0.2, 0.25) is 0 Å². The van der Waals surface area contributed by atoms with Crippen LogP contribution >= 0.6 is 22.9 Å². The van der Waals surface area contributed by atoms with Gasteiger partial charge in [0.05, 0.1) is 0 Å². The van der Waals surface area contributed by atoms with Crippen LogP contribution in [0.2, 0.25) is 5.02 Å². The molecule has 8 nitrogen and oxygen atoms in total. The van der Waals surface area contributed by atoms with Crippen LogP contribution in [0.1, 0.15) is 43.0 Å². The number of piperidine rings is 2. The molecule has 0 unspecified atom stereocenters. The molecule has 2 aliphatic heterocycles. The maximum absolute atomic E-state index is 13.4. The van der Waals surface area contributed by atoms with Crippen LogP contribution in [0.15, 0.2) is 41.8 Å². The van der Waals surface area contributed by atoms with E-state index in [1.807, 2.05) is 22.4 Å². The fourth-order valence-electron chi connectivity index (χ4n) is 4.46. The van der Waals surface area contributed by atoms with Crippen molar-refractivity contribution in [3.8, 4) is 0 Å². The van der Waals surface area contributed by atoms with Crippen molar-refractivity contribution in [3.05, 3.63) is 51.7 Å². The zero-order valence-electron chi connectivity index (χ0n) is 20.5. The summed E-state index contributed by atoms with van der Waals surface area (Å²) in [6.45, 7) is 3.84. The number of nitrogens with zero attached hydrogens (tertiary/aromatic N) is 2. The standard InChI is InChI=1S/C23H29ClN4O2S.C2HF3O2/c24-17-6-8-18(9-7-17)25-23(30)26-21(20-5-4-16-31-20)22(29)28-14-10-19(11-15-28)27-12-2-1-3-13-27;3-2(4,5)1(6)7/h4-9,16,19,21H,1-3,10-15H2,(H2,25,26,30);(H,6,7)/t21-;/m0./s1. The summed E-state index contributed by atoms with van der Waals surface area (Å²) in [6.07, 6.45) is 0.818. The number of alkyl halides is 3. The molecule has 0 bridgehead atoms. The van der Waals surface area contributed by atoms with Gasteiger partial charge < -0.3 is 25.5 Å². The van der Waals surface area contributed by atoms with Crippen molar-refractivity contribution in [3.63, 3.8) is 0 Å². The zero-order valence-corrected chi connectivity index (χ0v) is 22.1. The lowest BCUT2D eigenvalue weighted by Gasteiger charge is -2.41. The van der Waals surface area contributed by atoms with E-state index in [0.29, 0.717) is 16.8 Å². The van der Waals surface area contributed by atoms with Crippen LogP contribution in [0.25, 0.3) is 0 Å². The Morgan fingerprint density at radius 2 is 1.61 bits per heavy atom. The summed E-state index contributed by atoms with van der Waals surface area (Å²) in [5.41, 5.74) is 0.627. The molecule has 0 saturated carbocycles. The lowest BCUT2D eigenvalue weighted by atomic mass is 9.99. The summed E-state index contributed by atoms with van der Waals surface area (Å²) < 4.78 is 31.7. The Morgan fingerprint density at radius 3 is 2.13 bits per heavy atom. The molecule has 2 aliphatic rings. The Balaban J connectivity index is 0.000000505. The van der Waals surface area contributed by atoms with Crippen LogP contribution in [0.5, 0.6) is 0 Å². The highest BCUT2D eigenvalue weighted by molar-refractivity contribution is 7.10. The van der Waals surface area contributed by atoms with Crippen LogP contribution in [0.3, 0.4) is 0 Å². The number of carbonyl (C=O) groups excluding carboxylic acids is 2. The molecule has 1 atom stereocenters. The first-order valence-corrected chi connectivity index (χ1v) is 13.5. The van der Waals surface area contributed by atoms with Crippen molar-refractivity contribution in [1.29, 1.82) is 0 Å². The Bertz CT molecular complexity index is 1060. The van der Waals surface area contributed by atoms with E-state index in [1.165, 1.54) is 43.7 Å². The molecule has 2 aromatic rings. The molecule has 3 heterocycles. The predicted octanol–water partition coefficient (Wildman–Crippen LogP) is 5.37. The molecule has 0 spiro atoms. The van der Waals surface area contributed by atoms with E-state index in [9.17, 15) is 22.8 Å². The molecule has 0 radical (unpaired) electrons. The normalized spacial score (nSPS) is 17.6. The van der Waals surface area contributed by atoms with E-state index in [4.69, 9.17) is 21.5 Å². The van der Waals surface area contributed by atoms with Crippen LogP contribution in [0.4, 0.5) is 23.7 Å². The van der Waals surface area contributed by atoms with Gasteiger partial charge in [0.15, 0.2) is 0 Å². The first kappa shape index (κ1) is 29.7. The molecule has 38 heavy (non-hydrogen) atoms. The van der Waals surface area contributed by atoms with Crippen molar-refractivity contribution >= 4 is 46.5 Å². The van der Waals surface area contributed by atoms with Crippen LogP contribution in [-0.4, -0.2) is 71.2 Å². The third-order valence-corrected chi connectivity index (χ3v) is 7.57. The first-order chi connectivity index (χ1) is 18.0. The van der Waals surface area contributed by atoms with Crippen molar-refractivity contribution < 1.29 is 32.7 Å². The average molecular weight is 575 g/mol. The number of aliphatic carboxylic acids is 1. The summed E-state index contributed by atoms with van der Waals surface area (Å²) in [5, 5.41) is 15.3. The molecule has 0 aliphatic carbocycles. The van der Waals surface area contributed by atoms with Gasteiger partial charge in [-0.2, -0.15) is 13.2 Å². The van der Waals surface area contributed by atoms with Gasteiger partial charge in [-0.25, -0.2) is 9.59 Å². The molecule has 1 aromatic carbocycles. The number of hydrogen-bond donors (Lipinski definition) is 3. The highest BCUT2D eigenvalue weighted by Gasteiger charge is 2.38. The molecular weight excluding hydrogens is 545 g/mol. The Hall–Kier alpha value is -2.83. The number of benzene rings is 1. The molecule has 13 heteroatoms. The second-order valence-electron chi connectivity index (χ2n) is 9.01. The van der Waals surface area contributed by atoms with Gasteiger partial charge in [0.1, 0.15) is 6.04 Å². The van der Waals surface area contributed by atoms with Gasteiger partial charge in [0.25, 0.3) is 5.91 Å². The second-order valence-corrected chi connectivity index (χ2v) is 10.4. The van der Waals surface area contributed by atoms with E-state index >= 15 is 0 Å². The SMILES string of the molecule is O=C(Nc1ccc(Cl)cc1)N[C@H](C(=O)N1CCC(N2CCCCC2)CC1)c1cccs1.O=C(O)C(F)(F)F. The lowest BCUT2D eigenvalue weighted by molar-refractivity contribution is -0.192. The van der Waals surface area contributed by atoms with E-state index in [0.717, 1.165) is 30.8 Å². The van der Waals surface area contributed by atoms with Gasteiger partial charge >= 0.3 is 18.2 Å². The van der Waals surface area contributed by atoms with E-state index in [2.05, 4.69) is 15.5 Å². The van der Waals surface area contributed by atoms with Crippen molar-refractivity contribution in [2.75, 3.05) is 31.5 Å². The summed E-state index contributed by atoms with van der Waals surface area (Å²) in [6, 6.07) is 10.2. The zero-order chi connectivity index (χ0) is 27.7. The number of anilines is 1. The summed E-state index contributed by atoms with van der Waals surface area (Å²) in [7, 11) is 0. The monoisotopic (exact) mass is 574 g/mol. The number of urea groups is 1. The number of thiophene rings is 1. The molecule has 4 rings (SSSR count). The van der Waals surface area contributed by atoms with Crippen LogP contribution in [-0.2, 0) is 9.59 Å². The van der Waals surface area contributed by atoms with Crippen molar-refractivity contribution in [2.24, 2.45) is 0 Å². The number of amides is 3. The fourth-order valence-corrected chi connectivity index (χ4v) is 5.35. The maximum atomic E-state index is 13.4. The van der Waals surface area contributed by atoms with Crippen LogP contribution < -0.4 is 10.6 Å². The number of carbonyl (C=O) groups is 3. The first-order valence-electron chi connectivity index (χ1n) is 12.2. The fraction of sp³-hybridized carbons (Fsp3) is 0.480. The van der Waals surface area contributed by atoms with Gasteiger partial charge in [-0.05, 0) is 74.5 Å². The van der Waals surface area contributed by atoms with Crippen molar-refractivity contribution in [2.45, 2.75) is 50.4 Å². The summed E-state index contributed by atoms with van der Waals surface area (Å²) in [5.74, 6) is -2.79. The smallest absolute Gasteiger partial charge is 0.475 e. The minimum absolute atomic E-state index is 0.0363. The van der Waals surface area contributed by atoms with Crippen LogP contribution in [0, 0.1) is 0 Å². The van der Waals surface area contributed by atoms with Crippen molar-refractivity contribution in [1.82, 2.24) is 15.1 Å². The quantitative estimate of drug-likeness (QED) is 0.445. The summed E-state index contributed by atoms with van der Waals surface area (Å²) >= 11 is 7.39. The average Bonchev–Trinajstić information content (AvgIpc) is 3.43. The highest BCUT2D eigenvalue weighted by atomic mass is 35.5. The maximum Gasteiger partial charge on any atom is 0.490 e. The molecule has 2 saturated heterocycles. The topological polar surface area (TPSA) is 102 Å². The number of carboxylic acid groups (broad SMARTS) is 1. The molecule has 3 N–H and O–H groups in total. The number of rotatable bonds is 5. The molecule has 1 aromatic heterocycles. The largest absolute Gasteiger partial charge is 0.490 e. The van der Waals surface area contributed by atoms with E-state index < -0.39 is 24.2 Å². The number of likely N-dealkylation sites (tertiary alicyclic amines) is 2. The van der Waals surface area contributed by atoms with E-state index in [-0.39, 0.29) is 5.91 Å². The number of halogens is 4. The highest BCUT2D eigenvalue weighted by Crippen LogP contribution is 2.26. The summed E-state index contributed by atoms with van der Waals surface area (Å²) in [4.78, 5) is 40.2. The third kappa shape index (κ3) is 8.88. The van der Waals surface area contributed by atoms with Gasteiger partial charge in [-0.3, -0.25) is 4.79 Å². The molecular formula is C25H30ClF3N4O4S. The molecule has 3 amide bonds. The van der Waals surface area contributed by atoms with Gasteiger partial charge in [0, 0.05) is 34.7 Å². The van der Waals surface area contributed by atoms with Gasteiger partial charge in [-0.15, -0.1) is 11.3 Å². The third-order valence-electron chi connectivity index (χ3n) is 6.38. The second kappa shape index (κ2) is 13.8. The minimum atomic E-state index is -5.08. The molecule has 208 valence electrons. The minimum Gasteiger partial charge on any atom is -0.475 e. The predicted molar refractivity (Wildman–Crippen MR) is 139 cm³/mol. The number of carboxylic acids is 1. The Labute approximate surface area is 227 Å². The lowest BCUT2D eigenvalue weighted by Crippen LogP contribution is -2.51. The van der Waals surface area contributed by atoms with E-state index in [1.54, 1.807) is 24.3 Å². The number of hydrogen-bond acceptors (Lipinski definition) is 5. The Kier molecular flexibility index (Phi) is 10.8. The molecule has 2 fully saturated rings. The Morgan fingerprint density at radius 1 is 1.00 bits per heavy atom. The van der Waals surface area contributed by atoms with Gasteiger partial charge in [-0.1, -0.05) is 24.1 Å². The number of nitrogens with one attached hydrogen (secondary N) is 2.